The van der Waals surface area contributed by atoms with E-state index in [1.807, 2.05) is 0 Å². The van der Waals surface area contributed by atoms with E-state index in [0.29, 0.717) is 47.1 Å². The smallest absolute Gasteiger partial charge is 0.257 e. The number of nitrogens with zero attached hydrogens (tertiary/aromatic N) is 3. The average molecular weight is 478 g/mol. The summed E-state index contributed by atoms with van der Waals surface area (Å²) in [5.41, 5.74) is 1.06. The van der Waals surface area contributed by atoms with E-state index in [9.17, 15) is 13.2 Å². The van der Waals surface area contributed by atoms with Crippen molar-refractivity contribution >= 4 is 38.8 Å². The summed E-state index contributed by atoms with van der Waals surface area (Å²) in [5.74, 6) is 1.12. The minimum Gasteiger partial charge on any atom is -0.431 e. The van der Waals surface area contributed by atoms with Crippen molar-refractivity contribution < 1.29 is 17.6 Å². The highest BCUT2D eigenvalue weighted by molar-refractivity contribution is 7.99. The number of fused-ring (bicyclic) bond motifs is 2. The third kappa shape index (κ3) is 4.43. The molecule has 9 heteroatoms. The van der Waals surface area contributed by atoms with Gasteiger partial charge in [0.2, 0.25) is 15.9 Å². The van der Waals surface area contributed by atoms with Crippen molar-refractivity contribution in [1.29, 1.82) is 0 Å². The first-order chi connectivity index (χ1) is 15.5. The number of thioether (sulfide) groups is 1. The van der Waals surface area contributed by atoms with Crippen LogP contribution in [-0.4, -0.2) is 59.9 Å². The molecule has 3 aliphatic rings. The third-order valence-electron chi connectivity index (χ3n) is 7.17. The maximum atomic E-state index is 13.0. The van der Waals surface area contributed by atoms with Crippen LogP contribution in [0.5, 0.6) is 0 Å². The summed E-state index contributed by atoms with van der Waals surface area (Å²) < 4.78 is 33.3. The molecule has 174 valence electrons. The summed E-state index contributed by atoms with van der Waals surface area (Å²) in [7, 11) is -3.51. The van der Waals surface area contributed by atoms with Crippen molar-refractivity contribution in [2.45, 2.75) is 73.9 Å². The lowest BCUT2D eigenvalue weighted by molar-refractivity contribution is -0.134. The number of sulfonamides is 1. The Morgan fingerprint density at radius 3 is 2.66 bits per heavy atom. The van der Waals surface area contributed by atoms with E-state index in [-0.39, 0.29) is 10.8 Å². The zero-order chi connectivity index (χ0) is 22.1. The molecule has 0 spiro atoms. The van der Waals surface area contributed by atoms with E-state index in [4.69, 9.17) is 4.42 Å². The van der Waals surface area contributed by atoms with Gasteiger partial charge >= 0.3 is 0 Å². The van der Waals surface area contributed by atoms with Crippen molar-refractivity contribution in [1.82, 2.24) is 14.2 Å². The molecule has 1 amide bonds. The van der Waals surface area contributed by atoms with E-state index >= 15 is 0 Å². The Morgan fingerprint density at radius 2 is 1.81 bits per heavy atom. The molecule has 0 radical (unpaired) electrons. The molecule has 0 unspecified atom stereocenters. The number of piperidine rings is 2. The quantitative estimate of drug-likeness (QED) is 0.598. The molecule has 1 aromatic carbocycles. The molecule has 3 heterocycles. The van der Waals surface area contributed by atoms with E-state index < -0.39 is 10.0 Å². The number of hydrogen-bond acceptors (Lipinski definition) is 6. The van der Waals surface area contributed by atoms with Crippen LogP contribution in [-0.2, 0) is 14.8 Å². The fraction of sp³-hybridized carbons (Fsp3) is 0.652. The van der Waals surface area contributed by atoms with Gasteiger partial charge in [0.15, 0.2) is 5.58 Å². The molecule has 2 atom stereocenters. The van der Waals surface area contributed by atoms with Crippen molar-refractivity contribution in [3.05, 3.63) is 18.2 Å². The number of amides is 1. The summed E-state index contributed by atoms with van der Waals surface area (Å²) in [5, 5.41) is 0.415. The van der Waals surface area contributed by atoms with Gasteiger partial charge in [-0.3, -0.25) is 4.79 Å². The van der Waals surface area contributed by atoms with Crippen LogP contribution in [0.1, 0.15) is 57.8 Å². The molecule has 7 nitrogen and oxygen atoms in total. The second-order valence-corrected chi connectivity index (χ2v) is 12.1. The maximum absolute atomic E-state index is 13.0. The van der Waals surface area contributed by atoms with Gasteiger partial charge in [-0.25, -0.2) is 13.4 Å². The van der Waals surface area contributed by atoms with Crippen LogP contribution in [0.2, 0.25) is 0 Å². The van der Waals surface area contributed by atoms with Gasteiger partial charge in [0, 0.05) is 25.7 Å². The minimum absolute atomic E-state index is 0.155. The number of aromatic nitrogens is 1. The molecule has 1 saturated carbocycles. The summed E-state index contributed by atoms with van der Waals surface area (Å²) in [4.78, 5) is 19.8. The molecule has 1 aromatic heterocycles. The number of likely N-dealkylation sites (tertiary alicyclic amines) is 1. The molecule has 5 rings (SSSR count). The zero-order valence-corrected chi connectivity index (χ0v) is 20.0. The Balaban J connectivity index is 1.26. The first-order valence-electron chi connectivity index (χ1n) is 11.9. The van der Waals surface area contributed by atoms with Gasteiger partial charge in [-0.2, -0.15) is 4.31 Å². The molecule has 2 aliphatic heterocycles. The van der Waals surface area contributed by atoms with Crippen LogP contribution >= 0.6 is 11.8 Å². The van der Waals surface area contributed by atoms with Crippen molar-refractivity contribution in [2.75, 3.05) is 25.4 Å². The lowest BCUT2D eigenvalue weighted by atomic mass is 9.78. The number of oxazole rings is 1. The normalized spacial score (nSPS) is 25.1. The zero-order valence-electron chi connectivity index (χ0n) is 18.4. The molecule has 0 bridgehead atoms. The molecule has 32 heavy (non-hydrogen) atoms. The predicted molar refractivity (Wildman–Crippen MR) is 124 cm³/mol. The highest BCUT2D eigenvalue weighted by atomic mass is 32.2. The summed E-state index contributed by atoms with van der Waals surface area (Å²) in [6, 6.07) is 5.25. The van der Waals surface area contributed by atoms with E-state index in [1.165, 1.54) is 37.4 Å². The van der Waals surface area contributed by atoms with Crippen molar-refractivity contribution in [2.24, 2.45) is 5.92 Å². The lowest BCUT2D eigenvalue weighted by Crippen LogP contribution is -2.50. The molecule has 2 saturated heterocycles. The Bertz CT molecular complexity index is 1080. The molecule has 1 aliphatic carbocycles. The van der Waals surface area contributed by atoms with E-state index in [0.717, 1.165) is 38.6 Å². The standard InChI is InChI=1S/C23H31N3O4S2/c27-22(26-14-6-8-17-7-2-3-9-20(17)26)16-31-23-24-19-15-18(10-11-21(19)30-23)32(28,29)25-12-4-1-5-13-25/h10-11,15,17,20H,1-9,12-14,16H2/t17-,20-/m1/s1. The number of benzene rings is 1. The first kappa shape index (κ1) is 22.2. The van der Waals surface area contributed by atoms with Gasteiger partial charge < -0.3 is 9.32 Å². The summed E-state index contributed by atoms with van der Waals surface area (Å²) in [6.07, 6.45) is 10.1. The Hall–Kier alpha value is -1.58. The number of carbonyl (C=O) groups excluding carboxylic acids is 1. The highest BCUT2D eigenvalue weighted by Gasteiger charge is 2.35. The van der Waals surface area contributed by atoms with Crippen molar-refractivity contribution in [3.8, 4) is 0 Å². The van der Waals surface area contributed by atoms with Crippen LogP contribution in [0.15, 0.2) is 32.7 Å². The molecular weight excluding hydrogens is 446 g/mol. The van der Waals surface area contributed by atoms with Gasteiger partial charge in [0.25, 0.3) is 5.22 Å². The van der Waals surface area contributed by atoms with Gasteiger partial charge in [-0.15, -0.1) is 0 Å². The Morgan fingerprint density at radius 1 is 1.03 bits per heavy atom. The van der Waals surface area contributed by atoms with Gasteiger partial charge in [-0.1, -0.05) is 31.0 Å². The molecule has 2 aromatic rings. The summed E-state index contributed by atoms with van der Waals surface area (Å²) >= 11 is 1.30. The van der Waals surface area contributed by atoms with Crippen LogP contribution < -0.4 is 0 Å². The maximum Gasteiger partial charge on any atom is 0.257 e. The largest absolute Gasteiger partial charge is 0.431 e. The molecular formula is C23H31N3O4S2. The number of carbonyl (C=O) groups is 1. The average Bonchev–Trinajstić information content (AvgIpc) is 3.25. The van der Waals surface area contributed by atoms with Crippen LogP contribution in [0, 0.1) is 5.92 Å². The lowest BCUT2D eigenvalue weighted by Gasteiger charge is -2.44. The van der Waals surface area contributed by atoms with Crippen LogP contribution in [0.3, 0.4) is 0 Å². The van der Waals surface area contributed by atoms with Gasteiger partial charge in [0.05, 0.1) is 10.6 Å². The molecule has 0 N–H and O–H groups in total. The summed E-state index contributed by atoms with van der Waals surface area (Å²) in [6.45, 7) is 1.99. The van der Waals surface area contributed by atoms with E-state index in [2.05, 4.69) is 9.88 Å². The van der Waals surface area contributed by atoms with Gasteiger partial charge in [-0.05, 0) is 62.6 Å². The van der Waals surface area contributed by atoms with Crippen molar-refractivity contribution in [3.63, 3.8) is 0 Å². The fourth-order valence-corrected chi connectivity index (χ4v) is 7.77. The first-order valence-corrected chi connectivity index (χ1v) is 14.3. The van der Waals surface area contributed by atoms with Gasteiger partial charge in [0.1, 0.15) is 5.52 Å². The Kier molecular flexibility index (Phi) is 6.49. The second kappa shape index (κ2) is 9.35. The predicted octanol–water partition coefficient (Wildman–Crippen LogP) is 4.28. The fourth-order valence-electron chi connectivity index (χ4n) is 5.50. The number of hydrogen-bond donors (Lipinski definition) is 0. The highest BCUT2D eigenvalue weighted by Crippen LogP contribution is 2.36. The topological polar surface area (TPSA) is 83.7 Å². The number of rotatable bonds is 5. The second-order valence-electron chi connectivity index (χ2n) is 9.20. The Labute approximate surface area is 194 Å². The minimum atomic E-state index is -3.51. The monoisotopic (exact) mass is 477 g/mol. The molecule has 3 fully saturated rings. The van der Waals surface area contributed by atoms with Crippen LogP contribution in [0.4, 0.5) is 0 Å². The third-order valence-corrected chi connectivity index (χ3v) is 9.88. The van der Waals surface area contributed by atoms with E-state index in [1.54, 1.807) is 22.5 Å². The van der Waals surface area contributed by atoms with Crippen LogP contribution in [0.25, 0.3) is 11.1 Å². The SMILES string of the molecule is O=C(CSc1nc2cc(S(=O)(=O)N3CCCCC3)ccc2o1)N1CCC[C@H]2CCCC[C@H]21.